The first kappa shape index (κ1) is 28.4. The Morgan fingerprint density at radius 3 is 2.41 bits per heavy atom. The number of sulfonamides is 1. The van der Waals surface area contributed by atoms with Gasteiger partial charge in [-0.25, -0.2) is 18.2 Å². The van der Waals surface area contributed by atoms with Gasteiger partial charge in [0.15, 0.2) is 11.5 Å². The minimum Gasteiger partial charge on any atom is -0.486 e. The van der Waals surface area contributed by atoms with Crippen LogP contribution in [0.4, 0.5) is 10.1 Å². The van der Waals surface area contributed by atoms with Gasteiger partial charge in [-0.3, -0.25) is 9.10 Å². The number of halogens is 2. The molecule has 0 saturated heterocycles. The van der Waals surface area contributed by atoms with Crippen LogP contribution in [0.2, 0.25) is 0 Å². The third-order valence-corrected chi connectivity index (χ3v) is 8.75. The van der Waals surface area contributed by atoms with Crippen LogP contribution in [-0.4, -0.2) is 44.9 Å². The van der Waals surface area contributed by atoms with Crippen LogP contribution in [-0.2, 0) is 14.8 Å². The van der Waals surface area contributed by atoms with Crippen molar-refractivity contribution in [3.05, 3.63) is 100 Å². The van der Waals surface area contributed by atoms with Gasteiger partial charge in [0.05, 0.1) is 16.8 Å². The first-order chi connectivity index (χ1) is 19.6. The van der Waals surface area contributed by atoms with E-state index in [4.69, 9.17) is 9.47 Å². The zero-order chi connectivity index (χ0) is 29.1. The summed E-state index contributed by atoms with van der Waals surface area (Å²) >= 11 is 3.44. The van der Waals surface area contributed by atoms with Gasteiger partial charge in [0.2, 0.25) is 0 Å². The van der Waals surface area contributed by atoms with Gasteiger partial charge >= 0.3 is 0 Å². The monoisotopic (exact) mass is 640 g/mol. The molecule has 0 radical (unpaired) electrons. The van der Waals surface area contributed by atoms with Gasteiger partial charge in [-0.2, -0.15) is 5.10 Å². The molecule has 1 aromatic heterocycles. The molecule has 0 spiro atoms. The minimum absolute atomic E-state index is 0.109. The van der Waals surface area contributed by atoms with Crippen LogP contribution in [0.1, 0.15) is 17.0 Å². The molecule has 0 saturated carbocycles. The number of anilines is 1. The highest BCUT2D eigenvalue weighted by molar-refractivity contribution is 9.10. The summed E-state index contributed by atoms with van der Waals surface area (Å²) in [4.78, 5) is 12.8. The molecule has 0 atom stereocenters. The van der Waals surface area contributed by atoms with Crippen molar-refractivity contribution in [1.82, 2.24) is 9.99 Å². The van der Waals surface area contributed by atoms with Crippen LogP contribution in [0, 0.1) is 19.7 Å². The number of nitrogens with one attached hydrogen (secondary N) is 1. The van der Waals surface area contributed by atoms with Crippen molar-refractivity contribution in [3.63, 3.8) is 0 Å². The molecule has 1 aliphatic heterocycles. The molecule has 1 amide bonds. The lowest BCUT2D eigenvalue weighted by Crippen LogP contribution is -2.39. The van der Waals surface area contributed by atoms with Gasteiger partial charge in [-0.1, -0.05) is 15.9 Å². The Morgan fingerprint density at radius 1 is 1.02 bits per heavy atom. The molecule has 5 rings (SSSR count). The largest absolute Gasteiger partial charge is 0.486 e. The van der Waals surface area contributed by atoms with Gasteiger partial charge in [-0.05, 0) is 80.6 Å². The predicted octanol–water partition coefficient (Wildman–Crippen LogP) is 5.11. The summed E-state index contributed by atoms with van der Waals surface area (Å²) in [6.07, 6.45) is 1.51. The Balaban J connectivity index is 1.37. The first-order valence-corrected chi connectivity index (χ1v) is 14.8. The SMILES string of the molecule is Cc1cc(/C=N\NC(=O)CN(c2ccc(F)cc2)S(=O)(=O)c2ccc3c(c2)OCCO3)c(C)n1-c1ccc(Br)cc1. The Morgan fingerprint density at radius 2 is 1.71 bits per heavy atom. The summed E-state index contributed by atoms with van der Waals surface area (Å²) in [6.45, 7) is 3.94. The lowest BCUT2D eigenvalue weighted by molar-refractivity contribution is -0.119. The maximum atomic E-state index is 13.7. The number of carbonyl (C=O) groups is 1. The van der Waals surface area contributed by atoms with E-state index < -0.39 is 28.3 Å². The van der Waals surface area contributed by atoms with Crippen LogP contribution < -0.4 is 19.2 Å². The van der Waals surface area contributed by atoms with Crippen LogP contribution in [0.3, 0.4) is 0 Å². The van der Waals surface area contributed by atoms with Crippen molar-refractivity contribution in [1.29, 1.82) is 0 Å². The first-order valence-electron chi connectivity index (χ1n) is 12.6. The van der Waals surface area contributed by atoms with E-state index >= 15 is 0 Å². The molecule has 0 bridgehead atoms. The van der Waals surface area contributed by atoms with Crippen molar-refractivity contribution in [2.45, 2.75) is 18.7 Å². The van der Waals surface area contributed by atoms with Gasteiger partial charge in [-0.15, -0.1) is 0 Å². The molecule has 3 aromatic carbocycles. The fraction of sp³-hybridized carbons (Fsp3) is 0.172. The third-order valence-electron chi connectivity index (χ3n) is 6.45. The third kappa shape index (κ3) is 6.13. The van der Waals surface area contributed by atoms with E-state index in [1.165, 1.54) is 36.5 Å². The number of hydrazone groups is 1. The van der Waals surface area contributed by atoms with E-state index in [1.54, 1.807) is 0 Å². The van der Waals surface area contributed by atoms with E-state index in [0.717, 1.165) is 43.5 Å². The summed E-state index contributed by atoms with van der Waals surface area (Å²) in [7, 11) is -4.26. The van der Waals surface area contributed by atoms with Gasteiger partial charge < -0.3 is 14.0 Å². The van der Waals surface area contributed by atoms with Crippen LogP contribution in [0.5, 0.6) is 11.5 Å². The number of hydrogen-bond donors (Lipinski definition) is 1. The minimum atomic E-state index is -4.26. The quantitative estimate of drug-likeness (QED) is 0.213. The highest BCUT2D eigenvalue weighted by atomic mass is 79.9. The van der Waals surface area contributed by atoms with Crippen molar-refractivity contribution in [2.24, 2.45) is 5.10 Å². The van der Waals surface area contributed by atoms with Crippen LogP contribution >= 0.6 is 15.9 Å². The Labute approximate surface area is 245 Å². The molecule has 1 N–H and O–H groups in total. The van der Waals surface area contributed by atoms with Gasteiger partial charge in [0, 0.05) is 33.2 Å². The maximum Gasteiger partial charge on any atom is 0.264 e. The molecule has 41 heavy (non-hydrogen) atoms. The normalized spacial score (nSPS) is 12.9. The number of hydrogen-bond acceptors (Lipinski definition) is 6. The highest BCUT2D eigenvalue weighted by Crippen LogP contribution is 2.34. The van der Waals surface area contributed by atoms with Crippen molar-refractivity contribution in [2.75, 3.05) is 24.1 Å². The van der Waals surface area contributed by atoms with Gasteiger partial charge in [0.25, 0.3) is 15.9 Å². The summed E-state index contributed by atoms with van der Waals surface area (Å²) in [5, 5.41) is 4.07. The molecular formula is C29H26BrFN4O5S. The number of nitrogens with zero attached hydrogens (tertiary/aromatic N) is 3. The average Bonchev–Trinajstić information content (AvgIpc) is 3.24. The molecule has 9 nitrogen and oxygen atoms in total. The van der Waals surface area contributed by atoms with E-state index in [9.17, 15) is 17.6 Å². The lowest BCUT2D eigenvalue weighted by Gasteiger charge is -2.25. The number of ether oxygens (including phenoxy) is 2. The summed E-state index contributed by atoms with van der Waals surface area (Å²) in [5.74, 6) is -0.519. The van der Waals surface area contributed by atoms with Crippen molar-refractivity contribution >= 4 is 43.8 Å². The molecule has 2 heterocycles. The Kier molecular flexibility index (Phi) is 8.13. The smallest absolute Gasteiger partial charge is 0.264 e. The van der Waals surface area contributed by atoms with Crippen LogP contribution in [0.25, 0.3) is 5.69 Å². The lowest BCUT2D eigenvalue weighted by atomic mass is 10.2. The highest BCUT2D eigenvalue weighted by Gasteiger charge is 2.29. The average molecular weight is 642 g/mol. The number of benzene rings is 3. The van der Waals surface area contributed by atoms with Crippen molar-refractivity contribution in [3.8, 4) is 17.2 Å². The number of aromatic nitrogens is 1. The number of amides is 1. The van der Waals surface area contributed by atoms with E-state index in [2.05, 4.69) is 31.0 Å². The molecular weight excluding hydrogens is 615 g/mol. The summed E-state index contributed by atoms with van der Waals surface area (Å²) in [6, 6.07) is 18.9. The molecule has 0 aliphatic carbocycles. The predicted molar refractivity (Wildman–Crippen MR) is 157 cm³/mol. The second-order valence-electron chi connectivity index (χ2n) is 9.23. The maximum absolute atomic E-state index is 13.7. The van der Waals surface area contributed by atoms with E-state index in [-0.39, 0.29) is 22.9 Å². The molecule has 12 heteroatoms. The molecule has 0 fully saturated rings. The van der Waals surface area contributed by atoms with Gasteiger partial charge in [0.1, 0.15) is 25.6 Å². The van der Waals surface area contributed by atoms with Crippen molar-refractivity contribution < 1.29 is 27.1 Å². The molecule has 0 unspecified atom stereocenters. The molecule has 1 aliphatic rings. The number of fused-ring (bicyclic) bond motifs is 1. The topological polar surface area (TPSA) is 102 Å². The number of rotatable bonds is 8. The number of carbonyl (C=O) groups excluding carboxylic acids is 1. The zero-order valence-electron chi connectivity index (χ0n) is 22.2. The standard InChI is InChI=1S/C29H26BrFN4O5S/c1-19-15-21(20(2)35(19)25-7-3-22(30)4-8-25)17-32-33-29(36)18-34(24-9-5-23(31)6-10-24)41(37,38)26-11-12-27-28(16-26)40-14-13-39-27/h3-12,15-17H,13-14,18H2,1-2H3,(H,33,36)/b32-17-. The molecule has 212 valence electrons. The molecule has 4 aromatic rings. The second kappa shape index (κ2) is 11.8. The summed E-state index contributed by atoms with van der Waals surface area (Å²) < 4.78 is 55.9. The fourth-order valence-corrected chi connectivity index (χ4v) is 6.18. The second-order valence-corrected chi connectivity index (χ2v) is 12.0. The Hall–Kier alpha value is -4.16. The summed E-state index contributed by atoms with van der Waals surface area (Å²) in [5.41, 5.74) is 6.17. The van der Waals surface area contributed by atoms with E-state index in [1.807, 2.05) is 44.2 Å². The zero-order valence-corrected chi connectivity index (χ0v) is 24.6. The number of aryl methyl sites for hydroxylation is 1. The fourth-order valence-electron chi connectivity index (χ4n) is 4.48. The van der Waals surface area contributed by atoms with Crippen LogP contribution in [0.15, 0.2) is 87.3 Å². The van der Waals surface area contributed by atoms with E-state index in [0.29, 0.717) is 12.4 Å². The Bertz CT molecular complexity index is 1720.